The highest BCUT2D eigenvalue weighted by atomic mass is 16.5. The molecule has 0 unspecified atom stereocenters. The average Bonchev–Trinajstić information content (AvgIpc) is 2.64. The highest BCUT2D eigenvalue weighted by molar-refractivity contribution is 5.77. The number of methoxy groups -OCH3 is 2. The molecule has 24 heavy (non-hydrogen) atoms. The monoisotopic (exact) mass is 325 g/mol. The maximum Gasteiger partial charge on any atom is 0.222 e. The topological polar surface area (TPSA) is 38.8 Å². The van der Waals surface area contributed by atoms with Crippen LogP contribution in [0.2, 0.25) is 0 Å². The summed E-state index contributed by atoms with van der Waals surface area (Å²) < 4.78 is 10.7. The number of ether oxygens (including phenoxy) is 2. The van der Waals surface area contributed by atoms with Gasteiger partial charge in [-0.1, -0.05) is 36.4 Å². The molecule has 4 nitrogen and oxygen atoms in total. The maximum absolute atomic E-state index is 12.3. The second kappa shape index (κ2) is 7.39. The molecule has 1 aliphatic rings. The quantitative estimate of drug-likeness (QED) is 0.843. The number of benzene rings is 2. The molecule has 1 amide bonds. The van der Waals surface area contributed by atoms with Crippen LogP contribution in [-0.4, -0.2) is 31.6 Å². The Bertz CT molecular complexity index is 699. The first kappa shape index (κ1) is 16.4. The summed E-state index contributed by atoms with van der Waals surface area (Å²) in [5, 5.41) is 0. The smallest absolute Gasteiger partial charge is 0.222 e. The lowest BCUT2D eigenvalue weighted by Gasteiger charge is -2.33. The third-order valence-corrected chi connectivity index (χ3v) is 4.60. The lowest BCUT2D eigenvalue weighted by Crippen LogP contribution is -2.38. The van der Waals surface area contributed by atoms with Crippen LogP contribution < -0.4 is 9.47 Å². The van der Waals surface area contributed by atoms with Crippen LogP contribution in [0.25, 0.3) is 0 Å². The summed E-state index contributed by atoms with van der Waals surface area (Å²) in [7, 11) is 3.28. The number of carbonyl (C=O) groups excluding carboxylic acids is 1. The van der Waals surface area contributed by atoms with E-state index >= 15 is 0 Å². The lowest BCUT2D eigenvalue weighted by atomic mass is 9.90. The molecule has 0 aliphatic carbocycles. The SMILES string of the molecule is COc1ccc([C@@H]2CCC(=O)N(Cc3ccccc3)C2)cc1OC. The molecule has 0 N–H and O–H groups in total. The summed E-state index contributed by atoms with van der Waals surface area (Å²) in [5.74, 6) is 2.03. The van der Waals surface area contributed by atoms with Crippen molar-refractivity contribution in [2.75, 3.05) is 20.8 Å². The van der Waals surface area contributed by atoms with Crippen LogP contribution in [0.5, 0.6) is 11.5 Å². The first-order valence-corrected chi connectivity index (χ1v) is 8.25. The van der Waals surface area contributed by atoms with E-state index in [0.717, 1.165) is 24.5 Å². The predicted molar refractivity (Wildman–Crippen MR) is 93.4 cm³/mol. The standard InChI is InChI=1S/C20H23NO3/c1-23-18-10-8-16(12-19(18)24-2)17-9-11-20(22)21(14-17)13-15-6-4-3-5-7-15/h3-8,10,12,17H,9,11,13-14H2,1-2H3/t17-/m1/s1. The van der Waals surface area contributed by atoms with Crippen LogP contribution in [0, 0.1) is 0 Å². The van der Waals surface area contributed by atoms with Crippen LogP contribution in [0.3, 0.4) is 0 Å². The van der Waals surface area contributed by atoms with Gasteiger partial charge in [-0.15, -0.1) is 0 Å². The average molecular weight is 325 g/mol. The fourth-order valence-corrected chi connectivity index (χ4v) is 3.25. The van der Waals surface area contributed by atoms with Gasteiger partial charge in [0.05, 0.1) is 14.2 Å². The second-order valence-corrected chi connectivity index (χ2v) is 6.11. The number of nitrogens with zero attached hydrogens (tertiary/aromatic N) is 1. The summed E-state index contributed by atoms with van der Waals surface area (Å²) in [5.41, 5.74) is 2.36. The Balaban J connectivity index is 1.76. The van der Waals surface area contributed by atoms with Crippen molar-refractivity contribution in [2.45, 2.75) is 25.3 Å². The molecule has 1 heterocycles. The van der Waals surface area contributed by atoms with Crippen molar-refractivity contribution in [3.63, 3.8) is 0 Å². The molecule has 1 aliphatic heterocycles. The van der Waals surface area contributed by atoms with Gasteiger partial charge >= 0.3 is 0 Å². The Labute approximate surface area is 143 Å². The molecule has 3 rings (SSSR count). The molecule has 2 aromatic carbocycles. The van der Waals surface area contributed by atoms with Gasteiger partial charge in [0.2, 0.25) is 5.91 Å². The third kappa shape index (κ3) is 3.53. The number of hydrogen-bond donors (Lipinski definition) is 0. The molecule has 1 fully saturated rings. The molecular formula is C20H23NO3. The number of piperidine rings is 1. The molecule has 4 heteroatoms. The Kier molecular flexibility index (Phi) is 5.04. The largest absolute Gasteiger partial charge is 0.493 e. The Morgan fingerprint density at radius 2 is 1.79 bits per heavy atom. The van der Waals surface area contributed by atoms with Crippen LogP contribution in [0.15, 0.2) is 48.5 Å². The van der Waals surface area contributed by atoms with E-state index in [1.54, 1.807) is 14.2 Å². The second-order valence-electron chi connectivity index (χ2n) is 6.11. The van der Waals surface area contributed by atoms with Gasteiger partial charge in [0.1, 0.15) is 0 Å². The highest BCUT2D eigenvalue weighted by Gasteiger charge is 2.27. The third-order valence-electron chi connectivity index (χ3n) is 4.60. The van der Waals surface area contributed by atoms with Crippen molar-refractivity contribution in [1.29, 1.82) is 0 Å². The van der Waals surface area contributed by atoms with Crippen LogP contribution in [0.1, 0.15) is 29.9 Å². The Hall–Kier alpha value is -2.49. The predicted octanol–water partition coefficient (Wildman–Crippen LogP) is 3.61. The summed E-state index contributed by atoms with van der Waals surface area (Å²) in [4.78, 5) is 14.2. The number of amides is 1. The molecule has 0 radical (unpaired) electrons. The van der Waals surface area contributed by atoms with Crippen molar-refractivity contribution < 1.29 is 14.3 Å². The molecule has 126 valence electrons. The molecule has 0 spiro atoms. The van der Waals surface area contributed by atoms with Gasteiger partial charge < -0.3 is 14.4 Å². The Morgan fingerprint density at radius 1 is 1.04 bits per heavy atom. The molecule has 0 aromatic heterocycles. The molecule has 0 bridgehead atoms. The van der Waals surface area contributed by atoms with Gasteiger partial charge in [0, 0.05) is 25.4 Å². The summed E-state index contributed by atoms with van der Waals surface area (Å²) in [6.07, 6.45) is 1.46. The minimum Gasteiger partial charge on any atom is -0.493 e. The van der Waals surface area contributed by atoms with Gasteiger partial charge in [0.25, 0.3) is 0 Å². The molecule has 0 saturated carbocycles. The summed E-state index contributed by atoms with van der Waals surface area (Å²) >= 11 is 0. The minimum atomic E-state index is 0.232. The van der Waals surface area contributed by atoms with E-state index in [1.165, 1.54) is 11.1 Å². The van der Waals surface area contributed by atoms with E-state index in [2.05, 4.69) is 18.2 Å². The number of rotatable bonds is 5. The minimum absolute atomic E-state index is 0.232. The van der Waals surface area contributed by atoms with Gasteiger partial charge in [-0.25, -0.2) is 0 Å². The number of likely N-dealkylation sites (tertiary alicyclic amines) is 1. The van der Waals surface area contributed by atoms with E-state index in [1.807, 2.05) is 35.2 Å². The van der Waals surface area contributed by atoms with Crippen molar-refractivity contribution in [3.05, 3.63) is 59.7 Å². The molecule has 1 atom stereocenters. The van der Waals surface area contributed by atoms with E-state index in [9.17, 15) is 4.79 Å². The highest BCUT2D eigenvalue weighted by Crippen LogP contribution is 2.34. The van der Waals surface area contributed by atoms with E-state index in [-0.39, 0.29) is 5.91 Å². The van der Waals surface area contributed by atoms with E-state index in [4.69, 9.17) is 9.47 Å². The zero-order chi connectivity index (χ0) is 16.9. The van der Waals surface area contributed by atoms with Crippen molar-refractivity contribution in [1.82, 2.24) is 4.90 Å². The zero-order valence-electron chi connectivity index (χ0n) is 14.2. The van der Waals surface area contributed by atoms with Crippen LogP contribution in [-0.2, 0) is 11.3 Å². The van der Waals surface area contributed by atoms with Crippen molar-refractivity contribution in [2.24, 2.45) is 0 Å². The Morgan fingerprint density at radius 3 is 2.50 bits per heavy atom. The fraction of sp³-hybridized carbons (Fsp3) is 0.350. The van der Waals surface area contributed by atoms with Gasteiger partial charge in [-0.2, -0.15) is 0 Å². The van der Waals surface area contributed by atoms with Crippen LogP contribution >= 0.6 is 0 Å². The van der Waals surface area contributed by atoms with Crippen molar-refractivity contribution in [3.8, 4) is 11.5 Å². The fourth-order valence-electron chi connectivity index (χ4n) is 3.25. The van der Waals surface area contributed by atoms with Gasteiger partial charge in [0.15, 0.2) is 11.5 Å². The number of carbonyl (C=O) groups is 1. The van der Waals surface area contributed by atoms with E-state index in [0.29, 0.717) is 18.9 Å². The molecule has 1 saturated heterocycles. The molecule has 2 aromatic rings. The first-order valence-electron chi connectivity index (χ1n) is 8.25. The van der Waals surface area contributed by atoms with E-state index < -0.39 is 0 Å². The van der Waals surface area contributed by atoms with Crippen LogP contribution in [0.4, 0.5) is 0 Å². The lowest BCUT2D eigenvalue weighted by molar-refractivity contribution is -0.134. The first-order chi connectivity index (χ1) is 11.7. The molecular weight excluding hydrogens is 302 g/mol. The summed E-state index contributed by atoms with van der Waals surface area (Å²) in [6, 6.07) is 16.2. The maximum atomic E-state index is 12.3. The zero-order valence-corrected chi connectivity index (χ0v) is 14.2. The summed E-state index contributed by atoms with van der Waals surface area (Å²) in [6.45, 7) is 1.41. The number of hydrogen-bond acceptors (Lipinski definition) is 3. The van der Waals surface area contributed by atoms with Gasteiger partial charge in [-0.05, 0) is 29.7 Å². The normalized spacial score (nSPS) is 17.7. The van der Waals surface area contributed by atoms with Crippen molar-refractivity contribution >= 4 is 5.91 Å². The van der Waals surface area contributed by atoms with Gasteiger partial charge in [-0.3, -0.25) is 4.79 Å².